The first-order chi connectivity index (χ1) is 18.4. The van der Waals surface area contributed by atoms with Crippen molar-refractivity contribution in [2.45, 2.75) is 25.3 Å². The third kappa shape index (κ3) is 5.54. The summed E-state index contributed by atoms with van der Waals surface area (Å²) in [4.78, 5) is 43.0. The van der Waals surface area contributed by atoms with Gasteiger partial charge in [-0.2, -0.15) is 9.97 Å². The van der Waals surface area contributed by atoms with E-state index in [2.05, 4.69) is 35.3 Å². The number of alkyl halides is 2. The van der Waals surface area contributed by atoms with Gasteiger partial charge in [0.25, 0.3) is 6.43 Å². The van der Waals surface area contributed by atoms with Crippen molar-refractivity contribution in [1.82, 2.24) is 30.2 Å². The molecule has 12 nitrogen and oxygen atoms in total. The molecule has 2 aromatic heterocycles. The molecule has 0 radical (unpaired) electrons. The average Bonchev–Trinajstić information content (AvgIpc) is 3.31. The summed E-state index contributed by atoms with van der Waals surface area (Å²) >= 11 is 0. The Morgan fingerprint density at radius 2 is 1.95 bits per heavy atom. The van der Waals surface area contributed by atoms with Crippen molar-refractivity contribution < 1.29 is 27.8 Å². The van der Waals surface area contributed by atoms with Gasteiger partial charge in [-0.1, -0.05) is 12.1 Å². The molecule has 2 aliphatic rings. The number of morpholine rings is 1. The molecule has 0 atom stereocenters. The minimum absolute atomic E-state index is 0.135. The number of hydrogen-bond acceptors (Lipinski definition) is 9. The standard InChI is InChI=1S/C24H26F2N8O4/c1-37-24(36)27-13-20(35)29-15-10-14(11-15)28-18-12-19(32-23(31-18)33-6-8-38-9-7-33)34-17-5-3-2-4-16(17)30-22(34)21(25)26/h2-5,12,15,21H,6-11,13H2,1H3,(H,27,36)(H,29,35). The molecular formula is C24H26F2N8O4. The van der Waals surface area contributed by atoms with Gasteiger partial charge in [-0.05, 0) is 12.1 Å². The van der Waals surface area contributed by atoms with Crippen LogP contribution in [0.25, 0.3) is 16.9 Å². The fourth-order valence-corrected chi connectivity index (χ4v) is 4.29. The number of nitrogens with zero attached hydrogens (tertiary/aromatic N) is 6. The summed E-state index contributed by atoms with van der Waals surface area (Å²) in [7, 11) is 1.22. The number of carbonyl (C=O) groups excluding carboxylic acids is 2. The summed E-state index contributed by atoms with van der Waals surface area (Å²) in [6.45, 7) is 1.91. The van der Waals surface area contributed by atoms with Gasteiger partial charge in [0.1, 0.15) is 12.4 Å². The summed E-state index contributed by atoms with van der Waals surface area (Å²) in [5.41, 5.74) is 1.72. The van der Waals surface area contributed by atoms with Crippen LogP contribution in [-0.4, -0.2) is 83.2 Å². The first-order valence-corrected chi connectivity index (χ1v) is 12.1. The van der Waals surface area contributed by atoms with Crippen LogP contribution in [0.2, 0.25) is 0 Å². The van der Waals surface area contributed by atoms with Crippen molar-refractivity contribution in [1.29, 1.82) is 0 Å². The maximum atomic E-state index is 14.0. The number of anilines is 1. The van der Waals surface area contributed by atoms with Gasteiger partial charge in [-0.3, -0.25) is 9.36 Å². The lowest BCUT2D eigenvalue weighted by Gasteiger charge is -2.29. The van der Waals surface area contributed by atoms with E-state index in [0.717, 1.165) is 5.71 Å². The highest BCUT2D eigenvalue weighted by Crippen LogP contribution is 2.30. The van der Waals surface area contributed by atoms with Gasteiger partial charge in [-0.25, -0.2) is 23.6 Å². The molecule has 2 amide bonds. The van der Waals surface area contributed by atoms with Crippen LogP contribution in [0.5, 0.6) is 0 Å². The van der Waals surface area contributed by atoms with Gasteiger partial charge in [-0.15, -0.1) is 0 Å². The first-order valence-electron chi connectivity index (χ1n) is 12.1. The molecule has 14 heteroatoms. The number of para-hydroxylation sites is 2. The highest BCUT2D eigenvalue weighted by atomic mass is 19.3. The van der Waals surface area contributed by atoms with E-state index in [0.29, 0.717) is 61.9 Å². The molecular weight excluding hydrogens is 502 g/mol. The fraction of sp³-hybridized carbons (Fsp3) is 0.417. The van der Waals surface area contributed by atoms with Crippen LogP contribution in [0.15, 0.2) is 35.3 Å². The summed E-state index contributed by atoms with van der Waals surface area (Å²) in [6, 6.07) is 8.30. The van der Waals surface area contributed by atoms with Crippen molar-refractivity contribution in [3.05, 3.63) is 36.2 Å². The van der Waals surface area contributed by atoms with Crippen LogP contribution in [0.3, 0.4) is 0 Å². The molecule has 1 aliphatic carbocycles. The number of amides is 2. The third-order valence-corrected chi connectivity index (χ3v) is 6.17. The molecule has 1 saturated carbocycles. The second-order valence-electron chi connectivity index (χ2n) is 8.77. The smallest absolute Gasteiger partial charge is 0.407 e. The van der Waals surface area contributed by atoms with Crippen molar-refractivity contribution in [2.75, 3.05) is 44.9 Å². The molecule has 200 valence electrons. The van der Waals surface area contributed by atoms with Gasteiger partial charge >= 0.3 is 6.09 Å². The van der Waals surface area contributed by atoms with E-state index in [1.165, 1.54) is 11.7 Å². The van der Waals surface area contributed by atoms with Crippen LogP contribution in [0, 0.1) is 0 Å². The Morgan fingerprint density at radius 1 is 1.18 bits per heavy atom. The Bertz CT molecular complexity index is 1360. The number of imidazole rings is 1. The maximum Gasteiger partial charge on any atom is 0.407 e. The number of aliphatic imine (C=N–C) groups is 1. The molecule has 3 heterocycles. The maximum absolute atomic E-state index is 14.0. The molecule has 3 aromatic rings. The summed E-state index contributed by atoms with van der Waals surface area (Å²) in [5, 5.41) is 5.13. The summed E-state index contributed by atoms with van der Waals surface area (Å²) in [5.74, 6) is 0.166. The van der Waals surface area contributed by atoms with E-state index in [1.54, 1.807) is 30.3 Å². The van der Waals surface area contributed by atoms with Crippen molar-refractivity contribution in [2.24, 2.45) is 4.99 Å². The molecule has 0 bridgehead atoms. The summed E-state index contributed by atoms with van der Waals surface area (Å²) < 4.78 is 39.2. The molecule has 1 saturated heterocycles. The molecule has 2 fully saturated rings. The minimum atomic E-state index is -2.82. The van der Waals surface area contributed by atoms with E-state index in [-0.39, 0.29) is 24.3 Å². The van der Waals surface area contributed by atoms with Crippen LogP contribution >= 0.6 is 0 Å². The van der Waals surface area contributed by atoms with Crippen LogP contribution < -0.4 is 15.5 Å². The van der Waals surface area contributed by atoms with Crippen LogP contribution in [0.1, 0.15) is 25.1 Å². The fourth-order valence-electron chi connectivity index (χ4n) is 4.29. The number of ether oxygens (including phenoxy) is 2. The average molecular weight is 529 g/mol. The lowest BCUT2D eigenvalue weighted by Crippen LogP contribution is -2.48. The SMILES string of the molecule is COC(=O)NCC(=O)NC1CC(=Nc2cc(-n3c(C(F)F)nc4ccccc43)nc(N3CCOCC3)n2)C1. The topological polar surface area (TPSA) is 136 Å². The van der Waals surface area contributed by atoms with Crippen molar-refractivity contribution >= 4 is 40.5 Å². The van der Waals surface area contributed by atoms with Crippen LogP contribution in [-0.2, 0) is 14.3 Å². The second kappa shape index (κ2) is 11.0. The van der Waals surface area contributed by atoms with E-state index in [1.807, 2.05) is 4.90 Å². The molecule has 0 unspecified atom stereocenters. The first kappa shape index (κ1) is 25.4. The number of rotatable bonds is 7. The lowest BCUT2D eigenvalue weighted by atomic mass is 9.90. The quantitative estimate of drug-likeness (QED) is 0.477. The number of alkyl carbamates (subject to hydrolysis) is 1. The molecule has 38 heavy (non-hydrogen) atoms. The number of methoxy groups -OCH3 is 1. The highest BCUT2D eigenvalue weighted by molar-refractivity contribution is 5.94. The third-order valence-electron chi connectivity index (χ3n) is 6.17. The Kier molecular flexibility index (Phi) is 7.40. The molecule has 1 aromatic carbocycles. The van der Waals surface area contributed by atoms with Crippen molar-refractivity contribution in [3.8, 4) is 5.82 Å². The normalized spacial score (nSPS) is 17.3. The number of nitrogens with one attached hydrogen (secondary N) is 2. The van der Waals surface area contributed by atoms with E-state index in [9.17, 15) is 18.4 Å². The zero-order valence-corrected chi connectivity index (χ0v) is 20.6. The largest absolute Gasteiger partial charge is 0.453 e. The molecule has 0 spiro atoms. The monoisotopic (exact) mass is 528 g/mol. The van der Waals surface area contributed by atoms with E-state index in [4.69, 9.17) is 4.74 Å². The Hall–Kier alpha value is -4.20. The molecule has 5 rings (SSSR count). The van der Waals surface area contributed by atoms with Gasteiger partial charge in [0.15, 0.2) is 11.6 Å². The Morgan fingerprint density at radius 3 is 2.68 bits per heavy atom. The van der Waals surface area contributed by atoms with Gasteiger partial charge < -0.3 is 25.0 Å². The predicted octanol–water partition coefficient (Wildman–Crippen LogP) is 2.30. The van der Waals surface area contributed by atoms with Gasteiger partial charge in [0.05, 0.1) is 31.4 Å². The number of hydrogen-bond donors (Lipinski definition) is 2. The number of halogens is 2. The van der Waals surface area contributed by atoms with E-state index >= 15 is 0 Å². The minimum Gasteiger partial charge on any atom is -0.453 e. The van der Waals surface area contributed by atoms with E-state index < -0.39 is 18.3 Å². The van der Waals surface area contributed by atoms with Crippen LogP contribution in [0.4, 0.5) is 25.3 Å². The van der Waals surface area contributed by atoms with Gasteiger partial charge in [0.2, 0.25) is 11.9 Å². The lowest BCUT2D eigenvalue weighted by molar-refractivity contribution is -0.120. The zero-order valence-electron chi connectivity index (χ0n) is 20.6. The van der Waals surface area contributed by atoms with Gasteiger partial charge in [0, 0.05) is 43.8 Å². The number of fused-ring (bicyclic) bond motifs is 1. The number of aromatic nitrogens is 4. The Labute approximate surface area is 216 Å². The zero-order chi connectivity index (χ0) is 26.6. The summed E-state index contributed by atoms with van der Waals surface area (Å²) in [6.07, 6.45) is -2.52. The number of carbonyl (C=O) groups is 2. The molecule has 1 aliphatic heterocycles. The second-order valence-corrected chi connectivity index (χ2v) is 8.77. The van der Waals surface area contributed by atoms with Crippen molar-refractivity contribution in [3.63, 3.8) is 0 Å². The molecule has 2 N–H and O–H groups in total. The predicted molar refractivity (Wildman–Crippen MR) is 133 cm³/mol. The Balaban J connectivity index is 1.41. The number of benzene rings is 1. The highest BCUT2D eigenvalue weighted by Gasteiger charge is 2.28.